The Morgan fingerprint density at radius 1 is 1.16 bits per heavy atom. The molecule has 8 nitrogen and oxygen atoms in total. The molecule has 168 valence electrons. The van der Waals surface area contributed by atoms with Gasteiger partial charge in [0.2, 0.25) is 15.9 Å². The van der Waals surface area contributed by atoms with Gasteiger partial charge >= 0.3 is 0 Å². The molecule has 1 aromatic carbocycles. The summed E-state index contributed by atoms with van der Waals surface area (Å²) in [7, 11) is -0.713. The molecule has 0 spiro atoms. The highest BCUT2D eigenvalue weighted by atomic mass is 32.2. The van der Waals surface area contributed by atoms with E-state index in [1.165, 1.54) is 31.5 Å². The lowest BCUT2D eigenvalue weighted by atomic mass is 9.95. The fraction of sp³-hybridized carbons (Fsp3) is 0.476. The predicted molar refractivity (Wildman–Crippen MR) is 121 cm³/mol. The van der Waals surface area contributed by atoms with Crippen LogP contribution in [-0.2, 0) is 14.8 Å². The van der Waals surface area contributed by atoms with E-state index in [1.54, 1.807) is 24.8 Å². The summed E-state index contributed by atoms with van der Waals surface area (Å²) in [6.45, 7) is 6.30. The predicted octanol–water partition coefficient (Wildman–Crippen LogP) is 2.81. The lowest BCUT2D eigenvalue weighted by molar-refractivity contribution is -0.121. The molecule has 10 heteroatoms. The molecule has 1 aromatic heterocycles. The molecular weight excluding hydrogens is 436 g/mol. The van der Waals surface area contributed by atoms with Crippen LogP contribution in [-0.4, -0.2) is 61.6 Å². The van der Waals surface area contributed by atoms with Crippen LogP contribution < -0.4 is 5.32 Å². The molecule has 0 bridgehead atoms. The number of benzene rings is 1. The second kappa shape index (κ2) is 9.05. The molecule has 1 aliphatic rings. The van der Waals surface area contributed by atoms with Gasteiger partial charge < -0.3 is 10.2 Å². The SMILES string of the molecule is Cc1csc(NC(=O)C2CCN(C(=O)c3cc(C)c(C)c(S(=O)(=O)N(C)C)c3)CC2)n1. The van der Waals surface area contributed by atoms with Gasteiger partial charge in [0, 0.05) is 44.0 Å². The molecule has 0 aliphatic carbocycles. The molecule has 2 aromatic rings. The van der Waals surface area contributed by atoms with Gasteiger partial charge in [0.25, 0.3) is 5.91 Å². The third-order valence-corrected chi connectivity index (χ3v) is 8.44. The fourth-order valence-electron chi connectivity index (χ4n) is 3.56. The smallest absolute Gasteiger partial charge is 0.253 e. The molecule has 3 rings (SSSR count). The number of carbonyl (C=O) groups is 2. The third-order valence-electron chi connectivity index (χ3n) is 5.63. The van der Waals surface area contributed by atoms with Crippen molar-refractivity contribution in [3.63, 3.8) is 0 Å². The minimum atomic E-state index is -3.66. The topological polar surface area (TPSA) is 99.7 Å². The van der Waals surface area contributed by atoms with Crippen molar-refractivity contribution in [3.05, 3.63) is 39.9 Å². The highest BCUT2D eigenvalue weighted by Gasteiger charge is 2.30. The van der Waals surface area contributed by atoms with E-state index < -0.39 is 10.0 Å². The summed E-state index contributed by atoms with van der Waals surface area (Å²) in [6, 6.07) is 3.19. The Bertz CT molecular complexity index is 1100. The van der Waals surface area contributed by atoms with E-state index in [1.807, 2.05) is 12.3 Å². The van der Waals surface area contributed by atoms with Crippen LogP contribution >= 0.6 is 11.3 Å². The molecule has 1 saturated heterocycles. The van der Waals surface area contributed by atoms with Crippen LogP contribution in [0.1, 0.15) is 40.0 Å². The van der Waals surface area contributed by atoms with E-state index in [2.05, 4.69) is 10.3 Å². The van der Waals surface area contributed by atoms with E-state index in [0.29, 0.717) is 42.2 Å². The molecular formula is C21H28N4O4S2. The van der Waals surface area contributed by atoms with Crippen molar-refractivity contribution >= 4 is 38.3 Å². The number of hydrogen-bond donors (Lipinski definition) is 1. The Balaban J connectivity index is 1.71. The number of amides is 2. The molecule has 0 atom stereocenters. The van der Waals surface area contributed by atoms with Crippen LogP contribution in [0.3, 0.4) is 0 Å². The Labute approximate surface area is 187 Å². The zero-order valence-corrected chi connectivity index (χ0v) is 20.1. The highest BCUT2D eigenvalue weighted by Crippen LogP contribution is 2.26. The van der Waals surface area contributed by atoms with E-state index in [4.69, 9.17) is 0 Å². The van der Waals surface area contributed by atoms with Crippen molar-refractivity contribution in [2.75, 3.05) is 32.5 Å². The van der Waals surface area contributed by atoms with E-state index in [0.717, 1.165) is 15.6 Å². The van der Waals surface area contributed by atoms with Crippen molar-refractivity contribution < 1.29 is 18.0 Å². The normalized spacial score (nSPS) is 15.4. The molecule has 0 saturated carbocycles. The van der Waals surface area contributed by atoms with Crippen LogP contribution in [0.15, 0.2) is 22.4 Å². The van der Waals surface area contributed by atoms with Gasteiger partial charge in [-0.1, -0.05) is 0 Å². The maximum absolute atomic E-state index is 13.1. The van der Waals surface area contributed by atoms with Gasteiger partial charge in [0.15, 0.2) is 5.13 Å². The van der Waals surface area contributed by atoms with E-state index in [-0.39, 0.29) is 22.6 Å². The number of carbonyl (C=O) groups excluding carboxylic acids is 2. The third kappa shape index (κ3) is 4.97. The Kier molecular flexibility index (Phi) is 6.82. The summed E-state index contributed by atoms with van der Waals surface area (Å²) in [5.41, 5.74) is 2.60. The summed E-state index contributed by atoms with van der Waals surface area (Å²) in [6.07, 6.45) is 1.10. The second-order valence-corrected chi connectivity index (χ2v) is 11.0. The molecule has 1 aliphatic heterocycles. The number of hydrogen-bond acceptors (Lipinski definition) is 6. The zero-order valence-electron chi connectivity index (χ0n) is 18.4. The van der Waals surface area contributed by atoms with Gasteiger partial charge in [-0.15, -0.1) is 11.3 Å². The number of aromatic nitrogens is 1. The summed E-state index contributed by atoms with van der Waals surface area (Å²) in [5, 5.41) is 5.32. The number of rotatable bonds is 5. The number of aryl methyl sites for hydroxylation is 2. The molecule has 0 radical (unpaired) electrons. The number of nitrogens with zero attached hydrogens (tertiary/aromatic N) is 3. The van der Waals surface area contributed by atoms with Crippen molar-refractivity contribution in [2.24, 2.45) is 5.92 Å². The highest BCUT2D eigenvalue weighted by molar-refractivity contribution is 7.89. The van der Waals surface area contributed by atoms with Gasteiger partial charge in [-0.25, -0.2) is 17.7 Å². The maximum Gasteiger partial charge on any atom is 0.253 e. The molecule has 2 heterocycles. The number of piperidine rings is 1. The van der Waals surface area contributed by atoms with Crippen LogP contribution in [0.2, 0.25) is 0 Å². The minimum absolute atomic E-state index is 0.0769. The van der Waals surface area contributed by atoms with E-state index >= 15 is 0 Å². The first kappa shape index (κ1) is 23.4. The molecule has 1 fully saturated rings. The number of nitrogens with one attached hydrogen (secondary N) is 1. The van der Waals surface area contributed by atoms with Crippen molar-refractivity contribution in [1.29, 1.82) is 0 Å². The first-order chi connectivity index (χ1) is 14.5. The summed E-state index contributed by atoms with van der Waals surface area (Å²) >= 11 is 1.39. The minimum Gasteiger partial charge on any atom is -0.339 e. The van der Waals surface area contributed by atoms with Gasteiger partial charge in [0.1, 0.15) is 0 Å². The second-order valence-electron chi connectivity index (χ2n) is 8.05. The first-order valence-electron chi connectivity index (χ1n) is 10.1. The van der Waals surface area contributed by atoms with Crippen molar-refractivity contribution in [3.8, 4) is 0 Å². The fourth-order valence-corrected chi connectivity index (χ4v) is 5.47. The largest absolute Gasteiger partial charge is 0.339 e. The van der Waals surface area contributed by atoms with E-state index in [9.17, 15) is 18.0 Å². The summed E-state index contributed by atoms with van der Waals surface area (Å²) in [4.78, 5) is 31.7. The average molecular weight is 465 g/mol. The average Bonchev–Trinajstić information content (AvgIpc) is 3.13. The molecule has 2 amide bonds. The number of likely N-dealkylation sites (tertiary alicyclic amines) is 1. The molecule has 0 unspecified atom stereocenters. The number of anilines is 1. The first-order valence-corrected chi connectivity index (χ1v) is 12.4. The Hall–Kier alpha value is -2.30. The monoisotopic (exact) mass is 464 g/mol. The maximum atomic E-state index is 13.1. The summed E-state index contributed by atoms with van der Waals surface area (Å²) < 4.78 is 26.5. The van der Waals surface area contributed by atoms with Gasteiger partial charge in [-0.3, -0.25) is 9.59 Å². The molecule has 31 heavy (non-hydrogen) atoms. The lowest BCUT2D eigenvalue weighted by Gasteiger charge is -2.31. The van der Waals surface area contributed by atoms with Crippen LogP contribution in [0.4, 0.5) is 5.13 Å². The van der Waals surface area contributed by atoms with Crippen LogP contribution in [0.25, 0.3) is 0 Å². The van der Waals surface area contributed by atoms with Crippen LogP contribution in [0, 0.1) is 26.7 Å². The van der Waals surface area contributed by atoms with Crippen molar-refractivity contribution in [2.45, 2.75) is 38.5 Å². The lowest BCUT2D eigenvalue weighted by Crippen LogP contribution is -2.41. The molecule has 1 N–H and O–H groups in total. The standard InChI is InChI=1S/C21H28N4O4S2/c1-13-10-17(11-18(15(13)3)31(28,29)24(4)5)20(27)25-8-6-16(7-9-25)19(26)23-21-22-14(2)12-30-21/h10-12,16H,6-9H2,1-5H3,(H,22,23,26). The van der Waals surface area contributed by atoms with Gasteiger partial charge in [-0.05, 0) is 56.9 Å². The van der Waals surface area contributed by atoms with Gasteiger partial charge in [0.05, 0.1) is 10.6 Å². The summed E-state index contributed by atoms with van der Waals surface area (Å²) in [5.74, 6) is -0.475. The van der Waals surface area contributed by atoms with Crippen LogP contribution in [0.5, 0.6) is 0 Å². The van der Waals surface area contributed by atoms with Crippen molar-refractivity contribution in [1.82, 2.24) is 14.2 Å². The zero-order chi connectivity index (χ0) is 22.9. The number of thiazole rings is 1. The number of sulfonamides is 1. The van der Waals surface area contributed by atoms with Gasteiger partial charge in [-0.2, -0.15) is 0 Å². The quantitative estimate of drug-likeness (QED) is 0.734. The Morgan fingerprint density at radius 3 is 2.35 bits per heavy atom. The Morgan fingerprint density at radius 2 is 1.81 bits per heavy atom.